The molecule has 1 aliphatic heterocycles. The highest BCUT2D eigenvalue weighted by molar-refractivity contribution is 7.89. The topological polar surface area (TPSA) is 72.9 Å². The van der Waals surface area contributed by atoms with E-state index >= 15 is 0 Å². The molecule has 0 N–H and O–H groups in total. The van der Waals surface area contributed by atoms with E-state index in [1.807, 2.05) is 31.2 Å². The van der Waals surface area contributed by atoms with Crippen LogP contribution in [0.25, 0.3) is 0 Å². The second kappa shape index (κ2) is 9.61. The highest BCUT2D eigenvalue weighted by Gasteiger charge is 2.27. The molecule has 156 valence electrons. The van der Waals surface area contributed by atoms with E-state index in [-0.39, 0.29) is 28.7 Å². The number of hydrogen-bond acceptors (Lipinski definition) is 5. The third-order valence-corrected chi connectivity index (χ3v) is 6.94. The third-order valence-electron chi connectivity index (χ3n) is 4.72. The van der Waals surface area contributed by atoms with E-state index in [1.54, 1.807) is 0 Å². The lowest BCUT2D eigenvalue weighted by molar-refractivity contribution is 0.0450. The van der Waals surface area contributed by atoms with Crippen LogP contribution in [0.4, 0.5) is 0 Å². The molecule has 1 fully saturated rings. The summed E-state index contributed by atoms with van der Waals surface area (Å²) in [6.07, 6.45) is 2.69. The van der Waals surface area contributed by atoms with Gasteiger partial charge in [0.05, 0.1) is 15.5 Å². The van der Waals surface area contributed by atoms with Crippen LogP contribution in [0.2, 0.25) is 5.02 Å². The van der Waals surface area contributed by atoms with Crippen molar-refractivity contribution in [2.45, 2.75) is 31.1 Å². The van der Waals surface area contributed by atoms with Crippen LogP contribution in [-0.4, -0.2) is 45.0 Å². The van der Waals surface area contributed by atoms with Crippen LogP contribution in [-0.2, 0) is 14.8 Å². The first kappa shape index (κ1) is 21.6. The highest BCUT2D eigenvalue weighted by Crippen LogP contribution is 2.25. The zero-order chi connectivity index (χ0) is 20.9. The molecule has 29 heavy (non-hydrogen) atoms. The van der Waals surface area contributed by atoms with Crippen molar-refractivity contribution in [3.05, 3.63) is 58.6 Å². The maximum absolute atomic E-state index is 12.8. The number of esters is 1. The second-order valence-electron chi connectivity index (χ2n) is 6.90. The lowest BCUT2D eigenvalue weighted by Crippen LogP contribution is -2.35. The van der Waals surface area contributed by atoms with Gasteiger partial charge in [0.1, 0.15) is 19.0 Å². The molecule has 0 radical (unpaired) electrons. The summed E-state index contributed by atoms with van der Waals surface area (Å²) in [5.74, 6) is -0.00231. The van der Waals surface area contributed by atoms with E-state index < -0.39 is 16.0 Å². The first-order valence-corrected chi connectivity index (χ1v) is 11.4. The van der Waals surface area contributed by atoms with Gasteiger partial charge in [0.2, 0.25) is 10.0 Å². The average molecular weight is 438 g/mol. The second-order valence-corrected chi connectivity index (χ2v) is 9.25. The molecule has 0 aliphatic carbocycles. The summed E-state index contributed by atoms with van der Waals surface area (Å²) in [5, 5.41) is 0.145. The van der Waals surface area contributed by atoms with Crippen molar-refractivity contribution in [1.29, 1.82) is 0 Å². The maximum atomic E-state index is 12.8. The van der Waals surface area contributed by atoms with Gasteiger partial charge in [-0.15, -0.1) is 0 Å². The molecule has 0 atom stereocenters. The van der Waals surface area contributed by atoms with Crippen molar-refractivity contribution in [3.8, 4) is 5.75 Å². The lowest BCUT2D eigenvalue weighted by atomic mass is 10.2. The van der Waals surface area contributed by atoms with Gasteiger partial charge in [0.15, 0.2) is 0 Å². The molecule has 0 aromatic heterocycles. The van der Waals surface area contributed by atoms with Crippen molar-refractivity contribution in [2.24, 2.45) is 0 Å². The molecule has 2 aromatic carbocycles. The number of nitrogens with zero attached hydrogens (tertiary/aromatic N) is 1. The molecule has 0 bridgehead atoms. The maximum Gasteiger partial charge on any atom is 0.339 e. The molecule has 6 nitrogen and oxygen atoms in total. The van der Waals surface area contributed by atoms with Gasteiger partial charge >= 0.3 is 5.97 Å². The summed E-state index contributed by atoms with van der Waals surface area (Å²) in [6.45, 7) is 3.15. The number of halogens is 1. The minimum absolute atomic E-state index is 0.0200. The van der Waals surface area contributed by atoms with Gasteiger partial charge < -0.3 is 9.47 Å². The Balaban J connectivity index is 1.62. The number of piperidine rings is 1. The van der Waals surface area contributed by atoms with Crippen molar-refractivity contribution in [2.75, 3.05) is 26.3 Å². The summed E-state index contributed by atoms with van der Waals surface area (Å²) in [5.41, 5.74) is 1.15. The number of carbonyl (C=O) groups is 1. The molecular weight excluding hydrogens is 414 g/mol. The smallest absolute Gasteiger partial charge is 0.339 e. The summed E-state index contributed by atoms with van der Waals surface area (Å²) < 4.78 is 37.8. The van der Waals surface area contributed by atoms with Gasteiger partial charge in [-0.3, -0.25) is 0 Å². The highest BCUT2D eigenvalue weighted by atomic mass is 35.5. The molecule has 3 rings (SSSR count). The number of ether oxygens (including phenoxy) is 2. The molecule has 2 aromatic rings. The quantitative estimate of drug-likeness (QED) is 0.482. The van der Waals surface area contributed by atoms with Crippen molar-refractivity contribution in [3.63, 3.8) is 0 Å². The fourth-order valence-electron chi connectivity index (χ4n) is 3.08. The third kappa shape index (κ3) is 5.50. The summed E-state index contributed by atoms with van der Waals surface area (Å²) in [6, 6.07) is 11.6. The molecule has 8 heteroatoms. The van der Waals surface area contributed by atoms with Crippen LogP contribution < -0.4 is 4.74 Å². The Hall–Kier alpha value is -2.09. The number of aryl methyl sites for hydroxylation is 1. The standard InChI is InChI=1S/C21H24ClNO5S/c1-16-5-7-17(8-6-16)27-13-14-28-21(24)19-15-18(9-10-20(19)22)29(25,26)23-11-3-2-4-12-23/h5-10,15H,2-4,11-14H2,1H3. The van der Waals surface area contributed by atoms with Gasteiger partial charge in [-0.25, -0.2) is 13.2 Å². The normalized spacial score (nSPS) is 15.1. The molecular formula is C21H24ClNO5S. The van der Waals surface area contributed by atoms with Gasteiger partial charge in [-0.2, -0.15) is 4.31 Å². The number of sulfonamides is 1. The number of benzene rings is 2. The van der Waals surface area contributed by atoms with Crippen LogP contribution in [0.5, 0.6) is 5.75 Å². The SMILES string of the molecule is Cc1ccc(OCCOC(=O)c2cc(S(=O)(=O)N3CCCCC3)ccc2Cl)cc1. The van der Waals surface area contributed by atoms with Crippen LogP contribution in [0, 0.1) is 6.92 Å². The van der Waals surface area contributed by atoms with E-state index in [1.165, 1.54) is 22.5 Å². The predicted octanol–water partition coefficient (Wildman–Crippen LogP) is 4.06. The number of carbonyl (C=O) groups excluding carboxylic acids is 1. The van der Waals surface area contributed by atoms with E-state index in [0.29, 0.717) is 18.8 Å². The Kier molecular flexibility index (Phi) is 7.16. The minimum atomic E-state index is -3.66. The first-order chi connectivity index (χ1) is 13.9. The van der Waals surface area contributed by atoms with E-state index in [0.717, 1.165) is 24.8 Å². The number of hydrogen-bond donors (Lipinski definition) is 0. The predicted molar refractivity (Wildman–Crippen MR) is 111 cm³/mol. The average Bonchev–Trinajstić information content (AvgIpc) is 2.73. The molecule has 1 aliphatic rings. The molecule has 1 saturated heterocycles. The van der Waals surface area contributed by atoms with E-state index in [9.17, 15) is 13.2 Å². The Morgan fingerprint density at radius 3 is 2.41 bits per heavy atom. The lowest BCUT2D eigenvalue weighted by Gasteiger charge is -2.26. The molecule has 0 saturated carbocycles. The van der Waals surface area contributed by atoms with Crippen LogP contribution >= 0.6 is 11.6 Å². The first-order valence-electron chi connectivity index (χ1n) is 9.54. The van der Waals surface area contributed by atoms with Crippen LogP contribution in [0.15, 0.2) is 47.4 Å². The van der Waals surface area contributed by atoms with E-state index in [4.69, 9.17) is 21.1 Å². The Bertz CT molecular complexity index is 954. The molecule has 0 unspecified atom stereocenters. The van der Waals surface area contributed by atoms with Crippen LogP contribution in [0.3, 0.4) is 0 Å². The summed E-state index contributed by atoms with van der Waals surface area (Å²) in [7, 11) is -3.66. The van der Waals surface area contributed by atoms with Crippen LogP contribution in [0.1, 0.15) is 35.2 Å². The fraction of sp³-hybridized carbons (Fsp3) is 0.381. The van der Waals surface area contributed by atoms with Gasteiger partial charge in [-0.1, -0.05) is 35.7 Å². The Morgan fingerprint density at radius 2 is 1.72 bits per heavy atom. The zero-order valence-electron chi connectivity index (χ0n) is 16.3. The summed E-state index contributed by atoms with van der Waals surface area (Å²) in [4.78, 5) is 12.5. The van der Waals surface area contributed by atoms with Crippen molar-refractivity contribution >= 4 is 27.6 Å². The zero-order valence-corrected chi connectivity index (χ0v) is 17.8. The molecule has 0 spiro atoms. The molecule has 0 amide bonds. The van der Waals surface area contributed by atoms with Gasteiger partial charge in [0.25, 0.3) is 0 Å². The van der Waals surface area contributed by atoms with Gasteiger partial charge in [-0.05, 0) is 50.1 Å². The van der Waals surface area contributed by atoms with Crippen molar-refractivity contribution < 1.29 is 22.7 Å². The Morgan fingerprint density at radius 1 is 1.03 bits per heavy atom. The largest absolute Gasteiger partial charge is 0.490 e. The minimum Gasteiger partial charge on any atom is -0.490 e. The molecule has 1 heterocycles. The van der Waals surface area contributed by atoms with Crippen molar-refractivity contribution in [1.82, 2.24) is 4.31 Å². The van der Waals surface area contributed by atoms with E-state index in [2.05, 4.69) is 0 Å². The summed E-state index contributed by atoms with van der Waals surface area (Å²) >= 11 is 6.11. The fourth-order valence-corrected chi connectivity index (χ4v) is 4.82. The number of rotatable bonds is 7. The van der Waals surface area contributed by atoms with Gasteiger partial charge in [0, 0.05) is 13.1 Å². The Labute approximate surface area is 176 Å². The monoisotopic (exact) mass is 437 g/mol.